The van der Waals surface area contributed by atoms with E-state index in [9.17, 15) is 0 Å². The summed E-state index contributed by atoms with van der Waals surface area (Å²) in [7, 11) is 0. The average molecular weight is 1580 g/mol. The van der Waals surface area contributed by atoms with Gasteiger partial charge in [-0.25, -0.2) is 0 Å². The summed E-state index contributed by atoms with van der Waals surface area (Å²) in [5.41, 5.74) is 24.8. The molecule has 0 saturated carbocycles. The van der Waals surface area contributed by atoms with Crippen molar-refractivity contribution >= 4 is 109 Å². The van der Waals surface area contributed by atoms with Crippen LogP contribution in [0.5, 0.6) is 0 Å². The number of hydrogen-bond donors (Lipinski definition) is 0. The van der Waals surface area contributed by atoms with Gasteiger partial charge in [-0.15, -0.1) is 44.8 Å². The van der Waals surface area contributed by atoms with E-state index in [0.29, 0.717) is 11.5 Å². The van der Waals surface area contributed by atoms with Gasteiger partial charge in [-0.1, -0.05) is 286 Å². The molecule has 519 valence electrons. The number of pyridine rings is 1. The minimum Gasteiger partial charge on any atom is -0.329 e. The number of allylic oxidation sites excluding steroid dienone is 6. The van der Waals surface area contributed by atoms with Crippen LogP contribution < -0.4 is 14.2 Å². The van der Waals surface area contributed by atoms with Crippen molar-refractivity contribution in [1.29, 1.82) is 0 Å². The fraction of sp³-hybridized carbons (Fsp3) is 0.0400. The maximum Gasteiger partial charge on any atom is 0.268 e. The molecule has 0 atom stereocenters. The summed E-state index contributed by atoms with van der Waals surface area (Å²) in [4.78, 5) is 4.02. The van der Waals surface area contributed by atoms with E-state index in [4.69, 9.17) is 0 Å². The van der Waals surface area contributed by atoms with E-state index in [0.717, 1.165) is 93.5 Å². The van der Waals surface area contributed by atoms with Crippen molar-refractivity contribution in [3.63, 3.8) is 0 Å². The van der Waals surface area contributed by atoms with Crippen molar-refractivity contribution in [2.24, 2.45) is 0 Å². The zero-order chi connectivity index (χ0) is 71.6. The molecule has 4 heterocycles. The molecule has 110 heavy (non-hydrogen) atoms. The summed E-state index contributed by atoms with van der Waals surface area (Å²) < 4.78 is 9.15. The van der Waals surface area contributed by atoms with Gasteiger partial charge in [0.25, 0.3) is 12.7 Å². The van der Waals surface area contributed by atoms with E-state index in [-0.39, 0.29) is 20.1 Å². The van der Waals surface area contributed by atoms with Gasteiger partial charge in [0.15, 0.2) is 0 Å². The van der Waals surface area contributed by atoms with Crippen molar-refractivity contribution < 1.29 is 29.2 Å². The molecule has 10 heteroatoms. The number of tetrazole rings is 1. The average Bonchev–Trinajstić information content (AvgIpc) is 1.45. The van der Waals surface area contributed by atoms with E-state index >= 15 is 0 Å². The van der Waals surface area contributed by atoms with Crippen LogP contribution in [0.2, 0.25) is 0 Å². The normalized spacial score (nSPS) is 13.1. The third kappa shape index (κ3) is 10.4. The van der Waals surface area contributed by atoms with Gasteiger partial charge in [0.1, 0.15) is 0 Å². The summed E-state index contributed by atoms with van der Waals surface area (Å²) in [5, 5.41) is 34.3. The summed E-state index contributed by atoms with van der Waals surface area (Å²) in [6.07, 6.45) is 27.4. The molecule has 24 rings (SSSR count). The molecule has 0 spiro atoms. The van der Waals surface area contributed by atoms with Gasteiger partial charge in [-0.2, -0.15) is 29.5 Å². The Kier molecular flexibility index (Phi) is 15.5. The molecule has 0 saturated heterocycles. The Hall–Kier alpha value is -13.6. The predicted molar refractivity (Wildman–Crippen MR) is 441 cm³/mol. The Bertz CT molecular complexity index is 6750. The number of rotatable bonds is 9. The number of hydrogen-bond acceptors (Lipinski definition) is 4. The van der Waals surface area contributed by atoms with Crippen molar-refractivity contribution in [2.45, 2.75) is 25.7 Å². The van der Waals surface area contributed by atoms with Gasteiger partial charge in [0, 0.05) is 26.3 Å². The Morgan fingerprint density at radius 1 is 0.364 bits per heavy atom. The van der Waals surface area contributed by atoms with E-state index in [1.807, 2.05) is 12.1 Å². The molecule has 1 radical (unpaired) electrons. The van der Waals surface area contributed by atoms with E-state index in [2.05, 4.69) is 372 Å². The van der Waals surface area contributed by atoms with Gasteiger partial charge in [0.2, 0.25) is 0 Å². The van der Waals surface area contributed by atoms with Gasteiger partial charge in [0.05, 0.1) is 45.7 Å². The minimum absolute atomic E-state index is 0. The standard InChI is InChI=1S/2C47H29N2.C6H4N5.Ir/c2*1-3-9-36(10-4-1)46-47(37-11-5-2-6-12-37)49(41-28-24-35-20-18-31-14-8-16-33-22-26-39(41)45(35)43(31)33)29-48(46)40-27-23-34-19-17-30-13-7-15-32-21-25-38(40)44(34)42(30)32;1-2-4-7-5(3-1)6-8-10-11-9-6;/h2*1-13,15-19,21-27H,14,20H2;1-4H;/q3*-1;. The maximum atomic E-state index is 4.02. The van der Waals surface area contributed by atoms with Crippen LogP contribution >= 0.6 is 0 Å². The topological polar surface area (TPSA) is 83.3 Å². The summed E-state index contributed by atoms with van der Waals surface area (Å²) in [6.45, 7) is 0. The first-order valence-electron chi connectivity index (χ1n) is 37.2. The smallest absolute Gasteiger partial charge is 0.268 e. The minimum atomic E-state index is 0. The third-order valence-electron chi connectivity index (χ3n) is 22.5. The van der Waals surface area contributed by atoms with Crippen LogP contribution in [-0.2, 0) is 32.9 Å². The summed E-state index contributed by atoms with van der Waals surface area (Å²) in [5.74, 6) is 0.464. The first-order chi connectivity index (χ1) is 54.1. The van der Waals surface area contributed by atoms with Crippen LogP contribution in [-0.4, -0.2) is 29.6 Å². The number of benzene rings is 16. The number of nitrogens with zero attached hydrogens (tertiary/aromatic N) is 9. The van der Waals surface area contributed by atoms with Gasteiger partial charge in [-0.05, 0) is 169 Å². The van der Waals surface area contributed by atoms with Crippen LogP contribution in [0.1, 0.15) is 46.2 Å². The molecule has 0 unspecified atom stereocenters. The first-order valence-corrected chi connectivity index (χ1v) is 37.2. The molecule has 4 aliphatic rings. The van der Waals surface area contributed by atoms with Crippen LogP contribution in [0.4, 0.5) is 0 Å². The molecule has 16 aromatic carbocycles. The van der Waals surface area contributed by atoms with Crippen molar-refractivity contribution in [3.8, 4) is 79.3 Å². The Balaban J connectivity index is 0.000000121. The van der Waals surface area contributed by atoms with Crippen LogP contribution in [0, 0.1) is 24.8 Å². The van der Waals surface area contributed by atoms with Crippen molar-refractivity contribution in [2.75, 3.05) is 0 Å². The second kappa shape index (κ2) is 26.4. The van der Waals surface area contributed by atoms with Gasteiger partial charge in [-0.3, -0.25) is 24.4 Å². The molecule has 20 aromatic rings. The number of aromatic nitrogens is 9. The molecule has 0 bridgehead atoms. The molecule has 9 nitrogen and oxygen atoms in total. The molecule has 0 aliphatic heterocycles. The second-order valence-electron chi connectivity index (χ2n) is 28.5. The molecule has 0 fully saturated rings. The zero-order valence-corrected chi connectivity index (χ0v) is 61.8. The first kappa shape index (κ1) is 64.7. The SMILES string of the molecule is [Ir].[c-]1cc2c3c4c(ccc3c1-n1[c-][n+](-c3ccc5ccc6cccc7ccc3c5c67)c(-c3ccccc3)c1-c1ccccc1)C=CCC4=CC2.[c-]1cc2c3c4c(ccc3c1-n1[c-][n+](-c3ccc5ccc6cccc7ccc3c5c67)c(-c3ccccc3)c1-c1ccccc1)C=CCC4=CC2.c1ccc(-c2nnn[n-]2)nc1. The van der Waals surface area contributed by atoms with E-state index in [1.165, 1.54) is 131 Å². The molecular formula is C100H62IrN9-3. The second-order valence-corrected chi connectivity index (χ2v) is 28.5. The van der Waals surface area contributed by atoms with Crippen LogP contribution in [0.25, 0.3) is 189 Å². The monoisotopic (exact) mass is 1580 g/mol. The quantitative estimate of drug-likeness (QED) is 0.0817. The Morgan fingerprint density at radius 3 is 1.20 bits per heavy atom. The molecule has 0 N–H and O–H groups in total. The third-order valence-corrected chi connectivity index (χ3v) is 22.5. The molecule has 4 aliphatic carbocycles. The molecular weight excluding hydrogens is 1520 g/mol. The predicted octanol–water partition coefficient (Wildman–Crippen LogP) is 22.1. The van der Waals surface area contributed by atoms with Crippen LogP contribution in [0.3, 0.4) is 0 Å². The van der Waals surface area contributed by atoms with Crippen molar-refractivity contribution in [1.82, 2.24) is 34.7 Å². The maximum absolute atomic E-state index is 4.02. The van der Waals surface area contributed by atoms with Crippen molar-refractivity contribution in [3.05, 3.63) is 374 Å². The molecule has 4 aromatic heterocycles. The largest absolute Gasteiger partial charge is 0.329 e. The van der Waals surface area contributed by atoms with E-state index in [1.54, 1.807) is 12.3 Å². The fourth-order valence-electron chi connectivity index (χ4n) is 17.8. The summed E-state index contributed by atoms with van der Waals surface area (Å²) >= 11 is 0. The Morgan fingerprint density at radius 2 is 0.773 bits per heavy atom. The fourth-order valence-corrected chi connectivity index (χ4v) is 17.8. The summed E-state index contributed by atoms with van der Waals surface area (Å²) in [6, 6.07) is 110. The van der Waals surface area contributed by atoms with Gasteiger partial charge >= 0.3 is 0 Å². The molecule has 0 amide bonds. The zero-order valence-electron chi connectivity index (χ0n) is 59.4. The van der Waals surface area contributed by atoms with Crippen LogP contribution in [0.15, 0.2) is 316 Å². The number of imidazole rings is 2. The van der Waals surface area contributed by atoms with E-state index < -0.39 is 0 Å². The van der Waals surface area contributed by atoms with Gasteiger partial charge < -0.3 is 14.2 Å². The Labute approximate surface area is 647 Å².